The fourth-order valence-electron chi connectivity index (χ4n) is 3.34. The molecule has 2 fully saturated rings. The average molecular weight is 390 g/mol. The van der Waals surface area contributed by atoms with Gasteiger partial charge in [-0.25, -0.2) is 0 Å². The van der Waals surface area contributed by atoms with Crippen LogP contribution in [0, 0.1) is 6.92 Å². The van der Waals surface area contributed by atoms with Crippen molar-refractivity contribution in [2.24, 2.45) is 0 Å². The van der Waals surface area contributed by atoms with E-state index in [0.29, 0.717) is 19.7 Å². The van der Waals surface area contributed by atoms with Gasteiger partial charge in [0.05, 0.1) is 12.6 Å². The lowest BCUT2D eigenvalue weighted by Gasteiger charge is -2.29. The molecule has 1 aromatic carbocycles. The summed E-state index contributed by atoms with van der Waals surface area (Å²) >= 11 is 0. The van der Waals surface area contributed by atoms with Crippen molar-refractivity contribution in [2.45, 2.75) is 31.9 Å². The van der Waals surface area contributed by atoms with Crippen molar-refractivity contribution < 1.29 is 9.53 Å². The van der Waals surface area contributed by atoms with E-state index >= 15 is 0 Å². The standard InChI is InChI=1S/C18H27N3O2.2ClH/c1-14-4-6-15(7-5-14)16(21-9-2-3-10-21)12-20-18(22)17-13-19-8-11-23-17;;/h4-7,16-17,19H,2-3,8-13H2,1H3,(H,20,22);2*1H. The molecule has 1 aromatic rings. The lowest BCUT2D eigenvalue weighted by atomic mass is 10.0. The van der Waals surface area contributed by atoms with E-state index in [9.17, 15) is 4.79 Å². The predicted octanol–water partition coefficient (Wildman–Crippen LogP) is 2.08. The number of halogens is 2. The highest BCUT2D eigenvalue weighted by Gasteiger charge is 2.26. The third-order valence-electron chi connectivity index (χ3n) is 4.73. The summed E-state index contributed by atoms with van der Waals surface area (Å²) in [6.07, 6.45) is 2.12. The smallest absolute Gasteiger partial charge is 0.250 e. The highest BCUT2D eigenvalue weighted by Crippen LogP contribution is 2.25. The lowest BCUT2D eigenvalue weighted by molar-refractivity contribution is -0.134. The van der Waals surface area contributed by atoms with Gasteiger partial charge in [-0.15, -0.1) is 24.8 Å². The second-order valence-electron chi connectivity index (χ2n) is 6.48. The maximum atomic E-state index is 12.3. The molecule has 2 unspecified atom stereocenters. The summed E-state index contributed by atoms with van der Waals surface area (Å²) in [5.74, 6) is -0.00601. The van der Waals surface area contributed by atoms with E-state index in [4.69, 9.17) is 4.74 Å². The Balaban J connectivity index is 0.00000156. The third kappa shape index (κ3) is 6.12. The molecule has 2 heterocycles. The van der Waals surface area contributed by atoms with Gasteiger partial charge in [0.2, 0.25) is 0 Å². The van der Waals surface area contributed by atoms with Crippen LogP contribution in [0.1, 0.15) is 30.0 Å². The number of nitrogens with zero attached hydrogens (tertiary/aromatic N) is 1. The zero-order valence-electron chi connectivity index (χ0n) is 14.7. The number of hydrogen-bond donors (Lipinski definition) is 2. The molecule has 5 nitrogen and oxygen atoms in total. The van der Waals surface area contributed by atoms with E-state index in [1.807, 2.05) is 0 Å². The SMILES string of the molecule is Cc1ccc(C(CNC(=O)C2CNCCO2)N2CCCC2)cc1.Cl.Cl. The van der Waals surface area contributed by atoms with Crippen LogP contribution in [-0.4, -0.2) is 56.2 Å². The summed E-state index contributed by atoms with van der Waals surface area (Å²) in [5, 5.41) is 6.30. The number of ether oxygens (including phenoxy) is 1. The minimum Gasteiger partial charge on any atom is -0.366 e. The Morgan fingerprint density at radius 1 is 1.28 bits per heavy atom. The molecular formula is C18H29Cl2N3O2. The first-order valence-corrected chi connectivity index (χ1v) is 8.65. The van der Waals surface area contributed by atoms with Gasteiger partial charge in [-0.3, -0.25) is 9.69 Å². The Morgan fingerprint density at radius 2 is 1.96 bits per heavy atom. The van der Waals surface area contributed by atoms with Crippen LogP contribution in [0.4, 0.5) is 0 Å². The van der Waals surface area contributed by atoms with Gasteiger partial charge in [-0.1, -0.05) is 29.8 Å². The zero-order chi connectivity index (χ0) is 16.1. The third-order valence-corrected chi connectivity index (χ3v) is 4.73. The van der Waals surface area contributed by atoms with Crippen LogP contribution in [0.3, 0.4) is 0 Å². The Kier molecular flexibility index (Phi) is 9.75. The molecule has 0 radical (unpaired) electrons. The van der Waals surface area contributed by atoms with Crippen molar-refractivity contribution in [1.82, 2.24) is 15.5 Å². The van der Waals surface area contributed by atoms with Crippen molar-refractivity contribution in [3.63, 3.8) is 0 Å². The van der Waals surface area contributed by atoms with Crippen LogP contribution in [0.15, 0.2) is 24.3 Å². The molecular weight excluding hydrogens is 361 g/mol. The summed E-state index contributed by atoms with van der Waals surface area (Å²) < 4.78 is 5.53. The Morgan fingerprint density at radius 3 is 2.56 bits per heavy atom. The molecule has 3 rings (SSSR count). The fraction of sp³-hybridized carbons (Fsp3) is 0.611. The molecule has 0 bridgehead atoms. The molecule has 0 aliphatic carbocycles. The lowest BCUT2D eigenvalue weighted by Crippen LogP contribution is -2.49. The largest absolute Gasteiger partial charge is 0.366 e. The number of carbonyl (C=O) groups excluding carboxylic acids is 1. The van der Waals surface area contributed by atoms with Crippen molar-refractivity contribution >= 4 is 30.7 Å². The molecule has 25 heavy (non-hydrogen) atoms. The molecule has 7 heteroatoms. The Hall–Kier alpha value is -0.850. The second kappa shape index (κ2) is 11.0. The average Bonchev–Trinajstić information content (AvgIpc) is 3.11. The van der Waals surface area contributed by atoms with Crippen LogP contribution in [0.25, 0.3) is 0 Å². The van der Waals surface area contributed by atoms with Crippen LogP contribution in [0.5, 0.6) is 0 Å². The van der Waals surface area contributed by atoms with Gasteiger partial charge in [0.1, 0.15) is 6.10 Å². The zero-order valence-corrected chi connectivity index (χ0v) is 16.3. The first kappa shape index (κ1) is 22.2. The van der Waals surface area contributed by atoms with E-state index < -0.39 is 0 Å². The van der Waals surface area contributed by atoms with Crippen molar-refractivity contribution in [3.05, 3.63) is 35.4 Å². The topological polar surface area (TPSA) is 53.6 Å². The van der Waals surface area contributed by atoms with Crippen LogP contribution < -0.4 is 10.6 Å². The van der Waals surface area contributed by atoms with Crippen molar-refractivity contribution in [1.29, 1.82) is 0 Å². The van der Waals surface area contributed by atoms with E-state index in [1.165, 1.54) is 24.0 Å². The molecule has 2 saturated heterocycles. The number of aryl methyl sites for hydroxylation is 1. The van der Waals surface area contributed by atoms with E-state index in [0.717, 1.165) is 19.6 Å². The van der Waals surface area contributed by atoms with E-state index in [2.05, 4.69) is 46.7 Å². The summed E-state index contributed by atoms with van der Waals surface area (Å²) in [7, 11) is 0. The minimum absolute atomic E-state index is 0. The van der Waals surface area contributed by atoms with Gasteiger partial charge in [-0.2, -0.15) is 0 Å². The van der Waals surface area contributed by atoms with Crippen LogP contribution in [-0.2, 0) is 9.53 Å². The second-order valence-corrected chi connectivity index (χ2v) is 6.48. The number of rotatable bonds is 5. The number of benzene rings is 1. The summed E-state index contributed by atoms with van der Waals surface area (Å²) in [4.78, 5) is 14.8. The number of morpholine rings is 1. The van der Waals surface area contributed by atoms with Gasteiger partial charge in [0, 0.05) is 19.6 Å². The summed E-state index contributed by atoms with van der Waals surface area (Å²) in [6.45, 7) is 6.98. The maximum Gasteiger partial charge on any atom is 0.250 e. The molecule has 2 aliphatic heterocycles. The first-order chi connectivity index (χ1) is 11.2. The molecule has 0 saturated carbocycles. The quantitative estimate of drug-likeness (QED) is 0.809. The molecule has 142 valence electrons. The molecule has 1 amide bonds. The molecule has 2 N–H and O–H groups in total. The number of hydrogen-bond acceptors (Lipinski definition) is 4. The normalized spacial score (nSPS) is 21.7. The molecule has 2 atom stereocenters. The molecule has 2 aliphatic rings. The molecule has 0 aromatic heterocycles. The maximum absolute atomic E-state index is 12.3. The van der Waals surface area contributed by atoms with E-state index in [1.54, 1.807) is 0 Å². The first-order valence-electron chi connectivity index (χ1n) is 8.65. The van der Waals surface area contributed by atoms with Crippen LogP contribution in [0.2, 0.25) is 0 Å². The Bertz CT molecular complexity index is 516. The summed E-state index contributed by atoms with van der Waals surface area (Å²) in [5.41, 5.74) is 2.54. The molecule has 0 spiro atoms. The number of nitrogens with one attached hydrogen (secondary N) is 2. The monoisotopic (exact) mass is 389 g/mol. The van der Waals surface area contributed by atoms with Gasteiger partial charge in [0.25, 0.3) is 5.91 Å². The number of likely N-dealkylation sites (tertiary alicyclic amines) is 1. The van der Waals surface area contributed by atoms with E-state index in [-0.39, 0.29) is 42.9 Å². The highest BCUT2D eigenvalue weighted by molar-refractivity contribution is 5.85. The van der Waals surface area contributed by atoms with Crippen LogP contribution >= 0.6 is 24.8 Å². The predicted molar refractivity (Wildman–Crippen MR) is 105 cm³/mol. The number of carbonyl (C=O) groups is 1. The van der Waals surface area contributed by atoms with Crippen molar-refractivity contribution in [2.75, 3.05) is 39.3 Å². The summed E-state index contributed by atoms with van der Waals surface area (Å²) in [6, 6.07) is 8.91. The fourth-order valence-corrected chi connectivity index (χ4v) is 3.34. The minimum atomic E-state index is -0.360. The van der Waals surface area contributed by atoms with Gasteiger partial charge >= 0.3 is 0 Å². The van der Waals surface area contributed by atoms with Gasteiger partial charge < -0.3 is 15.4 Å². The van der Waals surface area contributed by atoms with Gasteiger partial charge in [-0.05, 0) is 38.4 Å². The number of amides is 1. The van der Waals surface area contributed by atoms with Crippen molar-refractivity contribution in [3.8, 4) is 0 Å². The highest BCUT2D eigenvalue weighted by atomic mass is 35.5. The Labute approximate surface area is 162 Å². The van der Waals surface area contributed by atoms with Gasteiger partial charge in [0.15, 0.2) is 0 Å².